The van der Waals surface area contributed by atoms with E-state index >= 15 is 0 Å². The molecule has 2 N–H and O–H groups in total. The average molecular weight is 356 g/mol. The molecule has 0 atom stereocenters. The monoisotopic (exact) mass is 356 g/mol. The van der Waals surface area contributed by atoms with Crippen molar-refractivity contribution in [3.05, 3.63) is 77.4 Å². The van der Waals surface area contributed by atoms with Gasteiger partial charge in [-0.3, -0.25) is 9.59 Å². The Bertz CT molecular complexity index is 1100. The second-order valence-corrected chi connectivity index (χ2v) is 6.71. The van der Waals surface area contributed by atoms with Crippen molar-refractivity contribution >= 4 is 23.2 Å². The Kier molecular flexibility index (Phi) is 3.47. The van der Waals surface area contributed by atoms with Crippen LogP contribution >= 0.6 is 0 Å². The summed E-state index contributed by atoms with van der Waals surface area (Å²) in [5.74, 6) is 0.0905. The third-order valence-corrected chi connectivity index (χ3v) is 4.93. The Morgan fingerprint density at radius 1 is 0.963 bits per heavy atom. The molecular weight excluding hydrogens is 340 g/mol. The first-order chi connectivity index (χ1) is 13.2. The number of benzene rings is 3. The van der Waals surface area contributed by atoms with Crippen molar-refractivity contribution in [1.82, 2.24) is 0 Å². The van der Waals surface area contributed by atoms with Gasteiger partial charge in [0.25, 0.3) is 11.8 Å². The molecule has 2 amide bonds. The Morgan fingerprint density at radius 3 is 2.74 bits per heavy atom. The smallest absolute Gasteiger partial charge is 0.262 e. The van der Waals surface area contributed by atoms with Crippen molar-refractivity contribution in [2.45, 2.75) is 6.42 Å². The lowest BCUT2D eigenvalue weighted by Gasteiger charge is -2.18. The van der Waals surface area contributed by atoms with Gasteiger partial charge in [-0.05, 0) is 59.0 Å². The summed E-state index contributed by atoms with van der Waals surface area (Å²) in [5, 5.41) is 5.67. The van der Waals surface area contributed by atoms with Crippen LogP contribution in [0.5, 0.6) is 5.75 Å². The van der Waals surface area contributed by atoms with Crippen molar-refractivity contribution < 1.29 is 14.3 Å². The van der Waals surface area contributed by atoms with Gasteiger partial charge < -0.3 is 15.4 Å². The van der Waals surface area contributed by atoms with Gasteiger partial charge in [-0.2, -0.15) is 0 Å². The fourth-order valence-electron chi connectivity index (χ4n) is 3.62. The van der Waals surface area contributed by atoms with Crippen LogP contribution in [0.2, 0.25) is 0 Å². The van der Waals surface area contributed by atoms with Crippen LogP contribution in [0.15, 0.2) is 60.7 Å². The van der Waals surface area contributed by atoms with Crippen LogP contribution in [-0.4, -0.2) is 18.4 Å². The number of anilines is 2. The van der Waals surface area contributed by atoms with Gasteiger partial charge in [0.2, 0.25) is 0 Å². The zero-order valence-electron chi connectivity index (χ0n) is 14.4. The molecule has 0 radical (unpaired) electrons. The number of carbonyl (C=O) groups excluding carboxylic acids is 2. The van der Waals surface area contributed by atoms with Crippen LogP contribution < -0.4 is 15.4 Å². The largest absolute Gasteiger partial charge is 0.482 e. The van der Waals surface area contributed by atoms with Gasteiger partial charge in [-0.25, -0.2) is 0 Å². The summed E-state index contributed by atoms with van der Waals surface area (Å²) in [6, 6.07) is 19.3. The van der Waals surface area contributed by atoms with E-state index in [4.69, 9.17) is 4.74 Å². The number of hydrogen-bond donors (Lipinski definition) is 2. The van der Waals surface area contributed by atoms with E-state index in [1.54, 1.807) is 18.2 Å². The van der Waals surface area contributed by atoms with Gasteiger partial charge in [0.05, 0.1) is 5.69 Å². The second kappa shape index (κ2) is 5.99. The Labute approximate surface area is 156 Å². The highest BCUT2D eigenvalue weighted by atomic mass is 16.5. The zero-order chi connectivity index (χ0) is 18.4. The minimum absolute atomic E-state index is 0.0394. The maximum absolute atomic E-state index is 12.7. The molecule has 0 saturated heterocycles. The van der Waals surface area contributed by atoms with Crippen LogP contribution in [0.4, 0.5) is 11.4 Å². The van der Waals surface area contributed by atoms with Gasteiger partial charge in [-0.1, -0.05) is 30.3 Å². The van der Waals surface area contributed by atoms with Gasteiger partial charge in [0, 0.05) is 11.3 Å². The number of hydrogen-bond acceptors (Lipinski definition) is 3. The topological polar surface area (TPSA) is 67.4 Å². The van der Waals surface area contributed by atoms with Crippen LogP contribution in [0.3, 0.4) is 0 Å². The third-order valence-electron chi connectivity index (χ3n) is 4.93. The predicted molar refractivity (Wildman–Crippen MR) is 103 cm³/mol. The molecule has 1 aliphatic heterocycles. The first-order valence-electron chi connectivity index (χ1n) is 8.77. The Balaban J connectivity index is 1.41. The molecule has 0 saturated carbocycles. The molecule has 3 aromatic rings. The lowest BCUT2D eigenvalue weighted by atomic mass is 10.1. The van der Waals surface area contributed by atoms with E-state index in [-0.39, 0.29) is 18.4 Å². The molecule has 0 bridgehead atoms. The lowest BCUT2D eigenvalue weighted by molar-refractivity contribution is -0.118. The first kappa shape index (κ1) is 15.6. The molecule has 0 aromatic heterocycles. The molecule has 27 heavy (non-hydrogen) atoms. The van der Waals surface area contributed by atoms with E-state index in [0.717, 1.165) is 12.1 Å². The van der Waals surface area contributed by atoms with Gasteiger partial charge in [0.1, 0.15) is 5.75 Å². The molecule has 3 aromatic carbocycles. The molecule has 5 heteroatoms. The van der Waals surface area contributed by atoms with E-state index in [2.05, 4.69) is 28.8 Å². The minimum atomic E-state index is -0.218. The fourth-order valence-corrected chi connectivity index (χ4v) is 3.62. The molecule has 0 fully saturated rings. The molecule has 1 aliphatic carbocycles. The van der Waals surface area contributed by atoms with Gasteiger partial charge in [0.15, 0.2) is 6.61 Å². The standard InChI is InChI=1S/C22H16N2O3/c25-21-12-27-20-10-15(6-8-19(20)24-21)22(26)23-16-7-5-14-9-13-3-1-2-4-17(13)18(14)11-16/h1-8,10-11H,9,12H2,(H,23,26)(H,24,25). The quantitative estimate of drug-likeness (QED) is 0.573. The molecule has 5 rings (SSSR count). The molecule has 2 aliphatic rings. The highest BCUT2D eigenvalue weighted by Crippen LogP contribution is 2.38. The summed E-state index contributed by atoms with van der Waals surface area (Å²) in [7, 11) is 0. The predicted octanol–water partition coefficient (Wildman–Crippen LogP) is 3.84. The summed E-state index contributed by atoms with van der Waals surface area (Å²) in [5.41, 5.74) is 6.78. The molecular formula is C22H16N2O3. The maximum Gasteiger partial charge on any atom is 0.262 e. The Morgan fingerprint density at radius 2 is 1.81 bits per heavy atom. The van der Waals surface area contributed by atoms with Crippen molar-refractivity contribution in [2.75, 3.05) is 17.2 Å². The van der Waals surface area contributed by atoms with Gasteiger partial charge >= 0.3 is 0 Å². The van der Waals surface area contributed by atoms with E-state index in [1.807, 2.05) is 24.3 Å². The summed E-state index contributed by atoms with van der Waals surface area (Å²) in [4.78, 5) is 24.0. The molecule has 5 nitrogen and oxygen atoms in total. The number of fused-ring (bicyclic) bond motifs is 4. The second-order valence-electron chi connectivity index (χ2n) is 6.71. The molecule has 0 spiro atoms. The summed E-state index contributed by atoms with van der Waals surface area (Å²) in [6.45, 7) is -0.0394. The molecule has 1 heterocycles. The van der Waals surface area contributed by atoms with Crippen molar-refractivity contribution in [3.8, 4) is 16.9 Å². The molecule has 132 valence electrons. The summed E-state index contributed by atoms with van der Waals surface area (Å²) >= 11 is 0. The normalized spacial score (nSPS) is 13.7. The van der Waals surface area contributed by atoms with Crippen molar-refractivity contribution in [3.63, 3.8) is 0 Å². The van der Waals surface area contributed by atoms with E-state index < -0.39 is 0 Å². The maximum atomic E-state index is 12.7. The van der Waals surface area contributed by atoms with Crippen LogP contribution in [0.1, 0.15) is 21.5 Å². The van der Waals surface area contributed by atoms with E-state index in [0.29, 0.717) is 17.0 Å². The lowest BCUT2D eigenvalue weighted by Crippen LogP contribution is -2.25. The molecule has 0 unspecified atom stereocenters. The number of ether oxygens (including phenoxy) is 1. The summed E-state index contributed by atoms with van der Waals surface area (Å²) in [6.07, 6.45) is 0.924. The third kappa shape index (κ3) is 2.73. The number of carbonyl (C=O) groups is 2. The highest BCUT2D eigenvalue weighted by Gasteiger charge is 2.20. The number of nitrogens with one attached hydrogen (secondary N) is 2. The van der Waals surface area contributed by atoms with Crippen LogP contribution in [-0.2, 0) is 11.2 Å². The average Bonchev–Trinajstić information content (AvgIpc) is 3.05. The van der Waals surface area contributed by atoms with Crippen LogP contribution in [0, 0.1) is 0 Å². The van der Waals surface area contributed by atoms with Crippen LogP contribution in [0.25, 0.3) is 11.1 Å². The van der Waals surface area contributed by atoms with Gasteiger partial charge in [-0.15, -0.1) is 0 Å². The number of amides is 2. The first-order valence-corrected chi connectivity index (χ1v) is 8.77. The fraction of sp³-hybridized carbons (Fsp3) is 0.0909. The minimum Gasteiger partial charge on any atom is -0.482 e. The summed E-state index contributed by atoms with van der Waals surface area (Å²) < 4.78 is 5.38. The Hall–Kier alpha value is -3.60. The number of rotatable bonds is 2. The van der Waals surface area contributed by atoms with E-state index in [9.17, 15) is 9.59 Å². The highest BCUT2D eigenvalue weighted by molar-refractivity contribution is 6.06. The van der Waals surface area contributed by atoms with Crippen molar-refractivity contribution in [2.24, 2.45) is 0 Å². The van der Waals surface area contributed by atoms with Crippen molar-refractivity contribution in [1.29, 1.82) is 0 Å². The van der Waals surface area contributed by atoms with E-state index in [1.165, 1.54) is 22.3 Å². The SMILES string of the molecule is O=C1COc2cc(C(=O)Nc3ccc4c(c3)-c3ccccc3C4)ccc2N1. The zero-order valence-corrected chi connectivity index (χ0v) is 14.4.